The average molecular weight is 206 g/mol. The Labute approximate surface area is 86.8 Å². The molecule has 0 saturated heterocycles. The van der Waals surface area contributed by atoms with Gasteiger partial charge in [-0.15, -0.1) is 11.6 Å². The van der Waals surface area contributed by atoms with Crippen LogP contribution in [0.5, 0.6) is 0 Å². The Morgan fingerprint density at radius 2 is 1.86 bits per heavy atom. The van der Waals surface area contributed by atoms with Gasteiger partial charge < -0.3 is 0 Å². The van der Waals surface area contributed by atoms with Gasteiger partial charge in [-0.3, -0.25) is 4.98 Å². The van der Waals surface area contributed by atoms with Crippen molar-refractivity contribution in [1.29, 1.82) is 0 Å². The molecule has 2 rings (SSSR count). The van der Waals surface area contributed by atoms with Crippen LogP contribution in [0.1, 0.15) is 5.69 Å². The van der Waals surface area contributed by atoms with Crippen LogP contribution in [-0.2, 0) is 5.88 Å². The summed E-state index contributed by atoms with van der Waals surface area (Å²) in [6, 6.07) is 5.54. The smallest absolute Gasteiger partial charge is 0.159 e. The number of rotatable bonds is 2. The molecule has 0 amide bonds. The second-order valence-electron chi connectivity index (χ2n) is 2.74. The molecule has 70 valence electrons. The van der Waals surface area contributed by atoms with E-state index >= 15 is 0 Å². The lowest BCUT2D eigenvalue weighted by molar-refractivity contribution is 1.09. The number of pyridine rings is 1. The topological polar surface area (TPSA) is 38.7 Å². The van der Waals surface area contributed by atoms with Crippen molar-refractivity contribution in [2.24, 2.45) is 0 Å². The molecule has 0 aliphatic heterocycles. The highest BCUT2D eigenvalue weighted by atomic mass is 35.5. The lowest BCUT2D eigenvalue weighted by atomic mass is 10.2. The van der Waals surface area contributed by atoms with Gasteiger partial charge in [0.15, 0.2) is 5.82 Å². The number of hydrogen-bond acceptors (Lipinski definition) is 3. The third-order valence-electron chi connectivity index (χ3n) is 1.79. The molecule has 0 saturated carbocycles. The van der Waals surface area contributed by atoms with Crippen molar-refractivity contribution in [2.45, 2.75) is 5.88 Å². The normalized spacial score (nSPS) is 10.1. The standard InChI is InChI=1S/C10H8ClN3/c11-7-9-3-6-13-10(14-9)8-1-4-12-5-2-8/h1-6H,7H2. The molecule has 3 nitrogen and oxygen atoms in total. The van der Waals surface area contributed by atoms with Gasteiger partial charge in [-0.1, -0.05) is 0 Å². The Bertz CT molecular complexity index is 417. The van der Waals surface area contributed by atoms with Gasteiger partial charge in [0.05, 0.1) is 11.6 Å². The van der Waals surface area contributed by atoms with Crippen LogP contribution in [0, 0.1) is 0 Å². The van der Waals surface area contributed by atoms with Crippen molar-refractivity contribution in [3.8, 4) is 11.4 Å². The van der Waals surface area contributed by atoms with Crippen LogP contribution in [0.15, 0.2) is 36.8 Å². The Morgan fingerprint density at radius 1 is 1.07 bits per heavy atom. The molecule has 0 unspecified atom stereocenters. The van der Waals surface area contributed by atoms with Crippen molar-refractivity contribution in [3.05, 3.63) is 42.5 Å². The van der Waals surface area contributed by atoms with Gasteiger partial charge in [0.25, 0.3) is 0 Å². The van der Waals surface area contributed by atoms with Crippen molar-refractivity contribution >= 4 is 11.6 Å². The molecule has 0 aromatic carbocycles. The molecular weight excluding hydrogens is 198 g/mol. The predicted molar refractivity (Wildman–Crippen MR) is 54.8 cm³/mol. The van der Waals surface area contributed by atoms with E-state index in [9.17, 15) is 0 Å². The van der Waals surface area contributed by atoms with E-state index in [0.717, 1.165) is 11.3 Å². The highest BCUT2D eigenvalue weighted by Gasteiger charge is 2.00. The molecule has 2 aromatic heterocycles. The van der Waals surface area contributed by atoms with Gasteiger partial charge in [0, 0.05) is 24.2 Å². The summed E-state index contributed by atoms with van der Waals surface area (Å²) in [6.07, 6.45) is 5.14. The fourth-order valence-corrected chi connectivity index (χ4v) is 1.26. The monoisotopic (exact) mass is 205 g/mol. The van der Waals surface area contributed by atoms with Gasteiger partial charge in [-0.2, -0.15) is 0 Å². The predicted octanol–water partition coefficient (Wildman–Crippen LogP) is 2.28. The fraction of sp³-hybridized carbons (Fsp3) is 0.100. The van der Waals surface area contributed by atoms with Gasteiger partial charge >= 0.3 is 0 Å². The third-order valence-corrected chi connectivity index (χ3v) is 2.06. The Hall–Kier alpha value is -1.48. The molecule has 0 N–H and O–H groups in total. The van der Waals surface area contributed by atoms with E-state index in [1.807, 2.05) is 12.1 Å². The molecule has 0 atom stereocenters. The van der Waals surface area contributed by atoms with Crippen molar-refractivity contribution in [1.82, 2.24) is 15.0 Å². The van der Waals surface area contributed by atoms with Crippen LogP contribution in [0.4, 0.5) is 0 Å². The molecule has 2 heterocycles. The molecule has 0 spiro atoms. The summed E-state index contributed by atoms with van der Waals surface area (Å²) in [6.45, 7) is 0. The number of halogens is 1. The first-order valence-corrected chi connectivity index (χ1v) is 4.72. The zero-order valence-electron chi connectivity index (χ0n) is 7.39. The first-order chi connectivity index (χ1) is 6.90. The zero-order valence-corrected chi connectivity index (χ0v) is 8.15. The van der Waals surface area contributed by atoms with Gasteiger partial charge in [0.1, 0.15) is 0 Å². The molecule has 0 bridgehead atoms. The minimum Gasteiger partial charge on any atom is -0.265 e. The average Bonchev–Trinajstić information content (AvgIpc) is 2.30. The van der Waals surface area contributed by atoms with Crippen LogP contribution in [0.3, 0.4) is 0 Å². The Balaban J connectivity index is 2.42. The summed E-state index contributed by atoms with van der Waals surface area (Å²) in [4.78, 5) is 12.4. The van der Waals surface area contributed by atoms with E-state index in [4.69, 9.17) is 11.6 Å². The van der Waals surface area contributed by atoms with E-state index in [2.05, 4.69) is 15.0 Å². The van der Waals surface area contributed by atoms with Crippen LogP contribution >= 0.6 is 11.6 Å². The largest absolute Gasteiger partial charge is 0.265 e. The second-order valence-corrected chi connectivity index (χ2v) is 3.01. The van der Waals surface area contributed by atoms with E-state index in [0.29, 0.717) is 11.7 Å². The number of hydrogen-bond donors (Lipinski definition) is 0. The molecule has 0 fully saturated rings. The summed E-state index contributed by atoms with van der Waals surface area (Å²) in [5, 5.41) is 0. The summed E-state index contributed by atoms with van der Waals surface area (Å²) in [5.74, 6) is 1.09. The maximum absolute atomic E-state index is 5.68. The third kappa shape index (κ3) is 1.88. The molecular formula is C10H8ClN3. The second kappa shape index (κ2) is 4.15. The van der Waals surface area contributed by atoms with E-state index < -0.39 is 0 Å². The quantitative estimate of drug-likeness (QED) is 0.706. The maximum atomic E-state index is 5.68. The highest BCUT2D eigenvalue weighted by Crippen LogP contribution is 2.13. The first kappa shape index (κ1) is 9.09. The molecule has 14 heavy (non-hydrogen) atoms. The Kier molecular flexibility index (Phi) is 2.70. The Morgan fingerprint density at radius 3 is 2.57 bits per heavy atom. The summed E-state index contributed by atoms with van der Waals surface area (Å²) >= 11 is 5.68. The number of aromatic nitrogens is 3. The highest BCUT2D eigenvalue weighted by molar-refractivity contribution is 6.16. The molecule has 0 aliphatic rings. The lowest BCUT2D eigenvalue weighted by Gasteiger charge is -2.00. The van der Waals surface area contributed by atoms with Gasteiger partial charge in [0.2, 0.25) is 0 Å². The SMILES string of the molecule is ClCc1ccnc(-c2ccncc2)n1. The zero-order chi connectivity index (χ0) is 9.80. The van der Waals surface area contributed by atoms with Gasteiger partial charge in [-0.05, 0) is 18.2 Å². The van der Waals surface area contributed by atoms with Crippen LogP contribution in [0.25, 0.3) is 11.4 Å². The van der Waals surface area contributed by atoms with Crippen LogP contribution in [-0.4, -0.2) is 15.0 Å². The number of alkyl halides is 1. The van der Waals surface area contributed by atoms with E-state index in [1.165, 1.54) is 0 Å². The minimum atomic E-state index is 0.403. The molecule has 0 aliphatic carbocycles. The van der Waals surface area contributed by atoms with Gasteiger partial charge in [-0.25, -0.2) is 9.97 Å². The summed E-state index contributed by atoms with van der Waals surface area (Å²) < 4.78 is 0. The van der Waals surface area contributed by atoms with E-state index in [1.54, 1.807) is 24.7 Å². The molecule has 4 heteroatoms. The molecule has 2 aromatic rings. The minimum absolute atomic E-state index is 0.403. The first-order valence-electron chi connectivity index (χ1n) is 4.18. The van der Waals surface area contributed by atoms with Crippen LogP contribution in [0.2, 0.25) is 0 Å². The lowest BCUT2D eigenvalue weighted by Crippen LogP contribution is -1.92. The summed E-state index contributed by atoms with van der Waals surface area (Å²) in [7, 11) is 0. The van der Waals surface area contributed by atoms with Crippen molar-refractivity contribution in [2.75, 3.05) is 0 Å². The summed E-state index contributed by atoms with van der Waals surface area (Å²) in [5.41, 5.74) is 1.78. The number of nitrogens with zero attached hydrogens (tertiary/aromatic N) is 3. The fourth-order valence-electron chi connectivity index (χ4n) is 1.11. The van der Waals surface area contributed by atoms with Crippen molar-refractivity contribution < 1.29 is 0 Å². The van der Waals surface area contributed by atoms with Crippen LogP contribution < -0.4 is 0 Å². The van der Waals surface area contributed by atoms with Crippen molar-refractivity contribution in [3.63, 3.8) is 0 Å². The van der Waals surface area contributed by atoms with E-state index in [-0.39, 0.29) is 0 Å². The molecule has 0 radical (unpaired) electrons. The maximum Gasteiger partial charge on any atom is 0.159 e.